The molecule has 2 unspecified atom stereocenters. The Morgan fingerprint density at radius 1 is 1.55 bits per heavy atom. The molecule has 0 aromatic carbocycles. The van der Waals surface area contributed by atoms with Crippen molar-refractivity contribution in [3.63, 3.8) is 0 Å². The van der Waals surface area contributed by atoms with E-state index in [0.29, 0.717) is 12.5 Å². The van der Waals surface area contributed by atoms with Gasteiger partial charge in [0, 0.05) is 0 Å². The summed E-state index contributed by atoms with van der Waals surface area (Å²) in [6, 6.07) is 0. The van der Waals surface area contributed by atoms with Crippen LogP contribution in [0.1, 0.15) is 32.6 Å². The fourth-order valence-corrected chi connectivity index (χ4v) is 1.87. The molecule has 0 bridgehead atoms. The van der Waals surface area contributed by atoms with E-state index in [2.05, 4.69) is 6.92 Å². The first-order valence-corrected chi connectivity index (χ1v) is 4.33. The molecule has 0 spiro atoms. The number of hydrogen-bond acceptors (Lipinski definition) is 2. The van der Waals surface area contributed by atoms with Gasteiger partial charge in [-0.3, -0.25) is 0 Å². The standard InChI is InChI=1S/C9H15NO/c1-8-3-2-4-9(5-8)6-11-7-10/h8-9H,2-6H2,1H3. The van der Waals surface area contributed by atoms with E-state index in [1.54, 1.807) is 6.26 Å². The second kappa shape index (κ2) is 4.23. The summed E-state index contributed by atoms with van der Waals surface area (Å²) in [7, 11) is 0. The minimum absolute atomic E-state index is 0.637. The zero-order valence-corrected chi connectivity index (χ0v) is 7.05. The van der Waals surface area contributed by atoms with E-state index in [4.69, 9.17) is 10.00 Å². The third-order valence-corrected chi connectivity index (χ3v) is 2.43. The van der Waals surface area contributed by atoms with Gasteiger partial charge in [-0.15, -0.1) is 0 Å². The topological polar surface area (TPSA) is 33.0 Å². The number of hydrogen-bond donors (Lipinski definition) is 0. The fraction of sp³-hybridized carbons (Fsp3) is 0.889. The Morgan fingerprint density at radius 3 is 3.00 bits per heavy atom. The molecule has 0 aliphatic heterocycles. The van der Waals surface area contributed by atoms with Crippen LogP contribution >= 0.6 is 0 Å². The third-order valence-electron chi connectivity index (χ3n) is 2.43. The summed E-state index contributed by atoms with van der Waals surface area (Å²) in [5.41, 5.74) is 0. The molecular formula is C9H15NO. The Morgan fingerprint density at radius 2 is 2.36 bits per heavy atom. The zero-order valence-electron chi connectivity index (χ0n) is 7.05. The van der Waals surface area contributed by atoms with Crippen LogP contribution in [0.25, 0.3) is 0 Å². The molecule has 1 saturated carbocycles. The van der Waals surface area contributed by atoms with Crippen molar-refractivity contribution in [2.75, 3.05) is 6.61 Å². The molecule has 62 valence electrons. The minimum Gasteiger partial charge on any atom is -0.427 e. The Balaban J connectivity index is 2.18. The maximum atomic E-state index is 8.19. The minimum atomic E-state index is 0.637. The molecule has 1 fully saturated rings. The molecule has 0 aromatic rings. The SMILES string of the molecule is CC1CCCC(COC#N)C1. The van der Waals surface area contributed by atoms with Crippen molar-refractivity contribution in [2.45, 2.75) is 32.6 Å². The first-order valence-electron chi connectivity index (χ1n) is 4.33. The monoisotopic (exact) mass is 153 g/mol. The van der Waals surface area contributed by atoms with E-state index in [-0.39, 0.29) is 0 Å². The van der Waals surface area contributed by atoms with E-state index in [1.165, 1.54) is 25.7 Å². The first-order chi connectivity index (χ1) is 5.33. The smallest absolute Gasteiger partial charge is 0.286 e. The van der Waals surface area contributed by atoms with Crippen molar-refractivity contribution in [2.24, 2.45) is 11.8 Å². The summed E-state index contributed by atoms with van der Waals surface area (Å²) in [5.74, 6) is 1.47. The molecule has 0 N–H and O–H groups in total. The summed E-state index contributed by atoms with van der Waals surface area (Å²) >= 11 is 0. The van der Waals surface area contributed by atoms with E-state index < -0.39 is 0 Å². The van der Waals surface area contributed by atoms with Crippen LogP contribution in [0.5, 0.6) is 0 Å². The van der Waals surface area contributed by atoms with Gasteiger partial charge in [0.25, 0.3) is 6.26 Å². The van der Waals surface area contributed by atoms with E-state index in [9.17, 15) is 0 Å². The lowest BCUT2D eigenvalue weighted by atomic mass is 9.83. The van der Waals surface area contributed by atoms with Crippen LogP contribution in [0.15, 0.2) is 0 Å². The summed E-state index contributed by atoms with van der Waals surface area (Å²) in [6.07, 6.45) is 6.87. The molecule has 0 heterocycles. The van der Waals surface area contributed by atoms with Gasteiger partial charge in [0.2, 0.25) is 0 Å². The van der Waals surface area contributed by atoms with Gasteiger partial charge in [-0.2, -0.15) is 5.26 Å². The quantitative estimate of drug-likeness (QED) is 0.570. The van der Waals surface area contributed by atoms with Crippen molar-refractivity contribution < 1.29 is 4.74 Å². The van der Waals surface area contributed by atoms with Gasteiger partial charge in [0.1, 0.15) is 6.61 Å². The maximum Gasteiger partial charge on any atom is 0.286 e. The van der Waals surface area contributed by atoms with Crippen LogP contribution < -0.4 is 0 Å². The molecule has 1 aliphatic rings. The lowest BCUT2D eigenvalue weighted by molar-refractivity contribution is 0.158. The predicted molar refractivity (Wildman–Crippen MR) is 42.7 cm³/mol. The van der Waals surface area contributed by atoms with Crippen LogP contribution in [0.4, 0.5) is 0 Å². The Labute approximate surface area is 68.2 Å². The van der Waals surface area contributed by atoms with Gasteiger partial charge in [0.15, 0.2) is 0 Å². The van der Waals surface area contributed by atoms with Crippen molar-refractivity contribution in [1.82, 2.24) is 0 Å². The lowest BCUT2D eigenvalue weighted by Gasteiger charge is -2.25. The molecule has 1 aliphatic carbocycles. The van der Waals surface area contributed by atoms with Crippen molar-refractivity contribution >= 4 is 0 Å². The largest absolute Gasteiger partial charge is 0.427 e. The van der Waals surface area contributed by atoms with Gasteiger partial charge in [0.05, 0.1) is 0 Å². The summed E-state index contributed by atoms with van der Waals surface area (Å²) in [6.45, 7) is 2.92. The molecule has 0 amide bonds. The van der Waals surface area contributed by atoms with Gasteiger partial charge in [-0.25, -0.2) is 0 Å². The molecule has 11 heavy (non-hydrogen) atoms. The second-order valence-electron chi connectivity index (χ2n) is 3.54. The highest BCUT2D eigenvalue weighted by molar-refractivity contribution is 4.70. The number of nitrogens with zero attached hydrogens (tertiary/aromatic N) is 1. The average Bonchev–Trinajstić information content (AvgIpc) is 2.01. The van der Waals surface area contributed by atoms with Gasteiger partial charge >= 0.3 is 0 Å². The number of ether oxygens (including phenoxy) is 1. The normalized spacial score (nSPS) is 30.9. The first kappa shape index (κ1) is 8.39. The van der Waals surface area contributed by atoms with Crippen LogP contribution in [0, 0.1) is 23.4 Å². The van der Waals surface area contributed by atoms with E-state index in [0.717, 1.165) is 5.92 Å². The summed E-state index contributed by atoms with van der Waals surface area (Å²) < 4.78 is 4.73. The highest BCUT2D eigenvalue weighted by Gasteiger charge is 2.18. The van der Waals surface area contributed by atoms with Gasteiger partial charge in [-0.05, 0) is 24.7 Å². The fourth-order valence-electron chi connectivity index (χ4n) is 1.87. The highest BCUT2D eigenvalue weighted by Crippen LogP contribution is 2.28. The molecular weight excluding hydrogens is 138 g/mol. The second-order valence-corrected chi connectivity index (χ2v) is 3.54. The van der Waals surface area contributed by atoms with Gasteiger partial charge < -0.3 is 4.74 Å². The third kappa shape index (κ3) is 2.80. The van der Waals surface area contributed by atoms with E-state index in [1.807, 2.05) is 0 Å². The molecule has 1 rings (SSSR count). The lowest BCUT2D eigenvalue weighted by Crippen LogP contribution is -2.17. The van der Waals surface area contributed by atoms with Crippen molar-refractivity contribution in [3.05, 3.63) is 0 Å². The van der Waals surface area contributed by atoms with Crippen LogP contribution in [-0.4, -0.2) is 6.61 Å². The van der Waals surface area contributed by atoms with Gasteiger partial charge in [-0.1, -0.05) is 19.8 Å². The molecule has 2 heteroatoms. The highest BCUT2D eigenvalue weighted by atomic mass is 16.5. The summed E-state index contributed by atoms with van der Waals surface area (Å²) in [5, 5.41) is 8.19. The molecule has 0 saturated heterocycles. The van der Waals surface area contributed by atoms with Crippen LogP contribution in [0.3, 0.4) is 0 Å². The molecule has 2 atom stereocenters. The Kier molecular flexibility index (Phi) is 3.22. The van der Waals surface area contributed by atoms with E-state index >= 15 is 0 Å². The Hall–Kier alpha value is -0.710. The predicted octanol–water partition coefficient (Wildman–Crippen LogP) is 2.31. The Bertz CT molecular complexity index is 150. The van der Waals surface area contributed by atoms with Crippen molar-refractivity contribution in [3.8, 4) is 6.26 Å². The molecule has 2 nitrogen and oxygen atoms in total. The average molecular weight is 153 g/mol. The number of rotatable bonds is 2. The number of nitriles is 1. The molecule has 0 radical (unpaired) electrons. The maximum absolute atomic E-state index is 8.19. The van der Waals surface area contributed by atoms with Crippen molar-refractivity contribution in [1.29, 1.82) is 5.26 Å². The summed E-state index contributed by atoms with van der Waals surface area (Å²) in [4.78, 5) is 0. The zero-order chi connectivity index (χ0) is 8.10. The molecule has 0 aromatic heterocycles. The van der Waals surface area contributed by atoms with Crippen LogP contribution in [-0.2, 0) is 4.74 Å². The van der Waals surface area contributed by atoms with Crippen LogP contribution in [0.2, 0.25) is 0 Å².